The lowest BCUT2D eigenvalue weighted by atomic mass is 9.59. The highest BCUT2D eigenvalue weighted by atomic mass is 19.1. The van der Waals surface area contributed by atoms with Crippen LogP contribution in [0.4, 0.5) is 4.39 Å². The van der Waals surface area contributed by atoms with E-state index in [1.807, 2.05) is 48.5 Å². The molecule has 2 atom stereocenters. The second kappa shape index (κ2) is 8.74. The first-order valence-electron chi connectivity index (χ1n) is 11.4. The van der Waals surface area contributed by atoms with Gasteiger partial charge in [-0.1, -0.05) is 67.6 Å². The zero-order valence-electron chi connectivity index (χ0n) is 18.7. The summed E-state index contributed by atoms with van der Waals surface area (Å²) >= 11 is 0. The third-order valence-electron chi connectivity index (χ3n) is 7.02. The summed E-state index contributed by atoms with van der Waals surface area (Å²) in [7, 11) is 0. The molecule has 0 spiro atoms. The number of fused-ring (bicyclic) bond motifs is 1. The molecule has 0 heterocycles. The minimum Gasteiger partial charge on any atom is -0.508 e. The molecule has 0 aliphatic heterocycles. The first-order chi connectivity index (χ1) is 16.0. The van der Waals surface area contributed by atoms with E-state index < -0.39 is 0 Å². The second-order valence-corrected chi connectivity index (χ2v) is 8.99. The quantitative estimate of drug-likeness (QED) is 0.359. The third kappa shape index (κ3) is 4.11. The zero-order valence-corrected chi connectivity index (χ0v) is 18.7. The number of hydrogen-bond acceptors (Lipinski definition) is 2. The molecule has 0 radical (unpaired) electrons. The first-order valence-corrected chi connectivity index (χ1v) is 11.4. The van der Waals surface area contributed by atoms with Crippen molar-refractivity contribution in [2.24, 2.45) is 0 Å². The number of halogens is 1. The van der Waals surface area contributed by atoms with E-state index in [1.165, 1.54) is 11.1 Å². The summed E-state index contributed by atoms with van der Waals surface area (Å²) < 4.78 is 19.7. The summed E-state index contributed by atoms with van der Waals surface area (Å²) in [5.41, 5.74) is 5.60. The molecule has 2 nitrogen and oxygen atoms in total. The predicted molar refractivity (Wildman–Crippen MR) is 129 cm³/mol. The number of aryl methyl sites for hydroxylation is 1. The summed E-state index contributed by atoms with van der Waals surface area (Å²) in [4.78, 5) is 0. The summed E-state index contributed by atoms with van der Waals surface area (Å²) in [6.45, 7) is 2.79. The van der Waals surface area contributed by atoms with E-state index in [4.69, 9.17) is 4.74 Å². The largest absolute Gasteiger partial charge is 0.508 e. The Balaban J connectivity index is 1.53. The van der Waals surface area contributed by atoms with Gasteiger partial charge in [-0.3, -0.25) is 0 Å². The van der Waals surface area contributed by atoms with Crippen LogP contribution in [-0.2, 0) is 18.4 Å². The van der Waals surface area contributed by atoms with Crippen molar-refractivity contribution >= 4 is 0 Å². The number of phenols is 1. The lowest BCUT2D eigenvalue weighted by molar-refractivity contribution is 0.304. The highest BCUT2D eigenvalue weighted by molar-refractivity contribution is 5.52. The maximum Gasteiger partial charge on any atom is 0.123 e. The predicted octanol–water partition coefficient (Wildman–Crippen LogP) is 7.15. The van der Waals surface area contributed by atoms with E-state index in [1.54, 1.807) is 24.3 Å². The van der Waals surface area contributed by atoms with Gasteiger partial charge >= 0.3 is 0 Å². The molecule has 0 amide bonds. The number of rotatable bonds is 5. The fraction of sp³-hybridized carbons (Fsp3) is 0.200. The van der Waals surface area contributed by atoms with Crippen LogP contribution in [0.3, 0.4) is 0 Å². The highest BCUT2D eigenvalue weighted by Gasteiger charge is 2.42. The van der Waals surface area contributed by atoms with Gasteiger partial charge < -0.3 is 9.84 Å². The van der Waals surface area contributed by atoms with Gasteiger partial charge in [0, 0.05) is 5.41 Å². The number of ether oxygens (including phenoxy) is 1. The molecular weight excluding hydrogens is 411 g/mol. The third-order valence-corrected chi connectivity index (χ3v) is 7.02. The van der Waals surface area contributed by atoms with Gasteiger partial charge in [-0.25, -0.2) is 4.39 Å². The molecule has 3 heteroatoms. The molecule has 1 aliphatic carbocycles. The molecule has 4 aromatic carbocycles. The van der Waals surface area contributed by atoms with Crippen LogP contribution < -0.4 is 4.74 Å². The summed E-state index contributed by atoms with van der Waals surface area (Å²) in [6.07, 6.45) is 1.87. The average molecular weight is 439 g/mol. The van der Waals surface area contributed by atoms with Crippen molar-refractivity contribution in [2.75, 3.05) is 0 Å². The molecule has 5 rings (SSSR count). The summed E-state index contributed by atoms with van der Waals surface area (Å²) in [6, 6.07) is 30.9. The van der Waals surface area contributed by atoms with Gasteiger partial charge in [0.15, 0.2) is 0 Å². The summed E-state index contributed by atoms with van der Waals surface area (Å²) in [5, 5.41) is 9.88. The van der Waals surface area contributed by atoms with Crippen molar-refractivity contribution in [1.82, 2.24) is 0 Å². The molecule has 1 N–H and O–H groups in total. The van der Waals surface area contributed by atoms with E-state index in [2.05, 4.69) is 31.2 Å². The monoisotopic (exact) mass is 438 g/mol. The molecule has 4 aromatic rings. The van der Waals surface area contributed by atoms with Crippen LogP contribution in [0.25, 0.3) is 0 Å². The highest BCUT2D eigenvalue weighted by Crippen LogP contribution is 2.51. The van der Waals surface area contributed by atoms with Gasteiger partial charge in [-0.05, 0) is 83.0 Å². The number of hydrogen-bond donors (Lipinski definition) is 1. The van der Waals surface area contributed by atoms with Crippen LogP contribution in [0.1, 0.15) is 47.1 Å². The van der Waals surface area contributed by atoms with E-state index in [9.17, 15) is 9.50 Å². The van der Waals surface area contributed by atoms with E-state index in [0.717, 1.165) is 35.3 Å². The second-order valence-electron chi connectivity index (χ2n) is 8.99. The topological polar surface area (TPSA) is 29.5 Å². The maximum atomic E-state index is 13.7. The average Bonchev–Trinajstić information content (AvgIpc) is 2.85. The van der Waals surface area contributed by atoms with Crippen molar-refractivity contribution in [2.45, 2.75) is 37.7 Å². The van der Waals surface area contributed by atoms with Crippen LogP contribution in [0.15, 0.2) is 97.1 Å². The number of phenolic OH excluding ortho intramolecular Hbond substituents is 1. The van der Waals surface area contributed by atoms with Crippen LogP contribution >= 0.6 is 0 Å². The fourth-order valence-corrected chi connectivity index (χ4v) is 5.25. The molecule has 166 valence electrons. The summed E-state index contributed by atoms with van der Waals surface area (Å²) in [5.74, 6) is 1.08. The molecule has 0 saturated carbocycles. The van der Waals surface area contributed by atoms with Gasteiger partial charge in [0.1, 0.15) is 23.9 Å². The number of aromatic hydroxyl groups is 1. The molecule has 0 unspecified atom stereocenters. The van der Waals surface area contributed by atoms with E-state index in [-0.39, 0.29) is 22.9 Å². The Morgan fingerprint density at radius 3 is 2.36 bits per heavy atom. The van der Waals surface area contributed by atoms with Gasteiger partial charge in [-0.2, -0.15) is 0 Å². The van der Waals surface area contributed by atoms with Crippen LogP contribution in [-0.4, -0.2) is 5.11 Å². The van der Waals surface area contributed by atoms with Crippen LogP contribution in [0.2, 0.25) is 0 Å². The van der Waals surface area contributed by atoms with E-state index in [0.29, 0.717) is 6.61 Å². The van der Waals surface area contributed by atoms with Crippen molar-refractivity contribution in [3.8, 4) is 11.5 Å². The van der Waals surface area contributed by atoms with Gasteiger partial charge in [0.2, 0.25) is 0 Å². The minimum absolute atomic E-state index is 0.186. The van der Waals surface area contributed by atoms with Crippen molar-refractivity contribution in [3.05, 3.63) is 131 Å². The molecule has 0 aromatic heterocycles. The molecule has 0 fully saturated rings. The Morgan fingerprint density at radius 2 is 1.64 bits per heavy atom. The number of benzene rings is 4. The molecule has 33 heavy (non-hydrogen) atoms. The first kappa shape index (κ1) is 21.3. The van der Waals surface area contributed by atoms with Crippen molar-refractivity contribution in [3.63, 3.8) is 0 Å². The molecule has 0 saturated heterocycles. The minimum atomic E-state index is -0.322. The van der Waals surface area contributed by atoms with Crippen LogP contribution in [0, 0.1) is 5.82 Å². The van der Waals surface area contributed by atoms with Crippen LogP contribution in [0.5, 0.6) is 11.5 Å². The Hall–Kier alpha value is -3.59. The smallest absolute Gasteiger partial charge is 0.123 e. The molecule has 1 aliphatic rings. The fourth-order valence-electron chi connectivity index (χ4n) is 5.25. The standard InChI is InChI=1S/C30H27FO2/c1-30(24-10-14-26(32)15-11-24)28(22-7-12-25(31)13-8-22)17-9-23-19-27(16-18-29(23)30)33-20-21-5-3-2-4-6-21/h2-8,10-16,18-19,28,32H,9,17,20H2,1H3/t28-,30-/m1/s1. The van der Waals surface area contributed by atoms with Crippen molar-refractivity contribution < 1.29 is 14.2 Å². The van der Waals surface area contributed by atoms with Gasteiger partial charge in [-0.15, -0.1) is 0 Å². The lowest BCUT2D eigenvalue weighted by Gasteiger charge is -2.44. The Bertz CT molecular complexity index is 1230. The van der Waals surface area contributed by atoms with Gasteiger partial charge in [0.05, 0.1) is 0 Å². The van der Waals surface area contributed by atoms with E-state index >= 15 is 0 Å². The Morgan fingerprint density at radius 1 is 0.909 bits per heavy atom. The van der Waals surface area contributed by atoms with Crippen molar-refractivity contribution in [1.29, 1.82) is 0 Å². The SMILES string of the molecule is C[C@]1(c2ccc(O)cc2)c2ccc(OCc3ccccc3)cc2CC[C@@H]1c1ccc(F)cc1. The normalized spacial score (nSPS) is 19.6. The lowest BCUT2D eigenvalue weighted by Crippen LogP contribution is -2.36. The van der Waals surface area contributed by atoms with Gasteiger partial charge in [0.25, 0.3) is 0 Å². The zero-order chi connectivity index (χ0) is 22.8. The molecular formula is C30H27FO2. The molecule has 0 bridgehead atoms. The maximum absolute atomic E-state index is 13.7. The Labute approximate surface area is 194 Å². The Kier molecular flexibility index (Phi) is 5.63.